The molecule has 118 valence electrons. The summed E-state index contributed by atoms with van der Waals surface area (Å²) in [5.41, 5.74) is -0.282. The summed E-state index contributed by atoms with van der Waals surface area (Å²) in [4.78, 5) is 24.4. The van der Waals surface area contributed by atoms with Crippen molar-refractivity contribution >= 4 is 11.6 Å². The van der Waals surface area contributed by atoms with Gasteiger partial charge >= 0.3 is 5.69 Å². The Morgan fingerprint density at radius 3 is 2.64 bits per heavy atom. The van der Waals surface area contributed by atoms with Gasteiger partial charge in [-0.3, -0.25) is 24.3 Å². The number of carbonyl (C=O) groups excluding carboxylic acids is 1. The number of aryl methyl sites for hydroxylation is 1. The molecule has 9 nitrogen and oxygen atoms in total. The number of likely N-dealkylation sites (N-methyl/N-ethyl adjacent to an activating group) is 1. The molecular weight excluding hydrogens is 288 g/mol. The molecule has 0 aliphatic rings. The molecule has 0 radical (unpaired) electrons. The van der Waals surface area contributed by atoms with Crippen LogP contribution >= 0.6 is 0 Å². The Kier molecular flexibility index (Phi) is 3.98. The van der Waals surface area contributed by atoms with E-state index in [1.54, 1.807) is 43.7 Å². The minimum Gasteiger partial charge on any atom is -0.338 e. The Morgan fingerprint density at radius 1 is 1.45 bits per heavy atom. The Hall–Kier alpha value is -2.71. The zero-order chi connectivity index (χ0) is 16.5. The van der Waals surface area contributed by atoms with Gasteiger partial charge in [-0.15, -0.1) is 0 Å². The van der Waals surface area contributed by atoms with E-state index in [2.05, 4.69) is 10.2 Å². The zero-order valence-electron chi connectivity index (χ0n) is 12.9. The van der Waals surface area contributed by atoms with E-state index in [-0.39, 0.29) is 11.6 Å². The third-order valence-corrected chi connectivity index (χ3v) is 3.54. The van der Waals surface area contributed by atoms with E-state index in [9.17, 15) is 14.9 Å². The van der Waals surface area contributed by atoms with Gasteiger partial charge in [0.05, 0.1) is 17.2 Å². The summed E-state index contributed by atoms with van der Waals surface area (Å²) >= 11 is 0. The highest BCUT2D eigenvalue weighted by molar-refractivity contribution is 5.83. The molecule has 0 spiro atoms. The molecule has 0 fully saturated rings. The van der Waals surface area contributed by atoms with Gasteiger partial charge in [0.15, 0.2) is 0 Å². The quantitative estimate of drug-likeness (QED) is 0.604. The van der Waals surface area contributed by atoms with Crippen molar-refractivity contribution in [3.05, 3.63) is 40.5 Å². The summed E-state index contributed by atoms with van der Waals surface area (Å²) in [5.74, 6) is -0.202. The molecule has 0 saturated heterocycles. The van der Waals surface area contributed by atoms with Crippen LogP contribution in [0.15, 0.2) is 24.7 Å². The molecule has 0 aliphatic heterocycles. The maximum absolute atomic E-state index is 12.6. The summed E-state index contributed by atoms with van der Waals surface area (Å²) in [6.07, 6.45) is 4.06. The zero-order valence-corrected chi connectivity index (χ0v) is 12.9. The van der Waals surface area contributed by atoms with E-state index in [1.165, 1.54) is 10.9 Å². The van der Waals surface area contributed by atoms with Gasteiger partial charge in [0.25, 0.3) is 0 Å². The van der Waals surface area contributed by atoms with Crippen LogP contribution in [-0.2, 0) is 23.9 Å². The molecule has 0 bridgehead atoms. The van der Waals surface area contributed by atoms with Crippen molar-refractivity contribution in [2.45, 2.75) is 25.9 Å². The van der Waals surface area contributed by atoms with Gasteiger partial charge in [0.2, 0.25) is 5.91 Å². The normalized spacial score (nSPS) is 11.5. The molecule has 0 aromatic carbocycles. The maximum atomic E-state index is 12.6. The first kappa shape index (κ1) is 15.7. The van der Waals surface area contributed by atoms with Crippen molar-refractivity contribution < 1.29 is 9.72 Å². The molecular formula is C13H18N6O3. The SMILES string of the molecule is CN(Cc1ccnn1C)C(=O)C(C)(C)n1cc([N+](=O)[O-])cn1. The molecule has 2 aromatic heterocycles. The Labute approximate surface area is 127 Å². The minimum atomic E-state index is -1.03. The van der Waals surface area contributed by atoms with Gasteiger partial charge in [0, 0.05) is 20.3 Å². The van der Waals surface area contributed by atoms with Crippen molar-refractivity contribution in [3.8, 4) is 0 Å². The fourth-order valence-corrected chi connectivity index (χ4v) is 2.15. The van der Waals surface area contributed by atoms with Crippen molar-refractivity contribution in [3.63, 3.8) is 0 Å². The summed E-state index contributed by atoms with van der Waals surface area (Å²) in [6.45, 7) is 3.74. The van der Waals surface area contributed by atoms with Crippen molar-refractivity contribution in [1.82, 2.24) is 24.5 Å². The lowest BCUT2D eigenvalue weighted by Gasteiger charge is -2.29. The second-order valence-corrected chi connectivity index (χ2v) is 5.57. The van der Waals surface area contributed by atoms with E-state index < -0.39 is 10.5 Å². The molecule has 0 saturated carbocycles. The Balaban J connectivity index is 2.18. The number of nitro groups is 1. The Bertz CT molecular complexity index is 702. The number of hydrogen-bond acceptors (Lipinski definition) is 5. The highest BCUT2D eigenvalue weighted by Gasteiger charge is 2.34. The van der Waals surface area contributed by atoms with Crippen molar-refractivity contribution in [2.75, 3.05) is 7.05 Å². The van der Waals surface area contributed by atoms with Crippen LogP contribution in [0.5, 0.6) is 0 Å². The van der Waals surface area contributed by atoms with Gasteiger partial charge in [-0.05, 0) is 19.9 Å². The third-order valence-electron chi connectivity index (χ3n) is 3.54. The average molecular weight is 306 g/mol. The molecule has 0 atom stereocenters. The van der Waals surface area contributed by atoms with Crippen LogP contribution in [-0.4, -0.2) is 42.3 Å². The lowest BCUT2D eigenvalue weighted by molar-refractivity contribution is -0.385. The van der Waals surface area contributed by atoms with Gasteiger partial charge in [-0.1, -0.05) is 0 Å². The fraction of sp³-hybridized carbons (Fsp3) is 0.462. The predicted molar refractivity (Wildman–Crippen MR) is 77.9 cm³/mol. The maximum Gasteiger partial charge on any atom is 0.307 e. The second-order valence-electron chi connectivity index (χ2n) is 5.57. The predicted octanol–water partition coefficient (Wildman–Crippen LogP) is 0.918. The molecule has 2 heterocycles. The van der Waals surface area contributed by atoms with Gasteiger partial charge < -0.3 is 4.90 Å². The first-order valence-electron chi connectivity index (χ1n) is 6.65. The van der Waals surface area contributed by atoms with Crippen LogP contribution in [0.25, 0.3) is 0 Å². The van der Waals surface area contributed by atoms with Crippen LogP contribution < -0.4 is 0 Å². The summed E-state index contributed by atoms with van der Waals surface area (Å²) < 4.78 is 3.00. The molecule has 0 N–H and O–H groups in total. The standard InChI is InChI=1S/C13H18N6O3/c1-13(2,18-9-11(7-15-18)19(21)22)12(20)16(3)8-10-5-6-14-17(10)4/h5-7,9H,8H2,1-4H3. The number of rotatable bonds is 5. The smallest absolute Gasteiger partial charge is 0.307 e. The monoisotopic (exact) mass is 306 g/mol. The number of nitrogens with zero attached hydrogens (tertiary/aromatic N) is 6. The van der Waals surface area contributed by atoms with E-state index in [4.69, 9.17) is 0 Å². The first-order chi connectivity index (χ1) is 10.2. The van der Waals surface area contributed by atoms with Crippen LogP contribution in [0.4, 0.5) is 5.69 Å². The number of carbonyl (C=O) groups is 1. The Morgan fingerprint density at radius 2 is 2.14 bits per heavy atom. The number of amides is 1. The highest BCUT2D eigenvalue weighted by Crippen LogP contribution is 2.21. The topological polar surface area (TPSA) is 99.1 Å². The number of aromatic nitrogens is 4. The molecule has 0 aliphatic carbocycles. The van der Waals surface area contributed by atoms with E-state index >= 15 is 0 Å². The molecule has 9 heteroatoms. The average Bonchev–Trinajstić information content (AvgIpc) is 3.08. The van der Waals surface area contributed by atoms with E-state index in [0.717, 1.165) is 11.9 Å². The summed E-state index contributed by atoms with van der Waals surface area (Å²) in [6, 6.07) is 1.83. The first-order valence-corrected chi connectivity index (χ1v) is 6.65. The van der Waals surface area contributed by atoms with E-state index in [0.29, 0.717) is 6.54 Å². The minimum absolute atomic E-state index is 0.143. The number of hydrogen-bond donors (Lipinski definition) is 0. The van der Waals surface area contributed by atoms with Crippen LogP contribution in [0, 0.1) is 10.1 Å². The third kappa shape index (κ3) is 2.83. The molecule has 1 amide bonds. The second kappa shape index (κ2) is 5.58. The van der Waals surface area contributed by atoms with Crippen molar-refractivity contribution in [1.29, 1.82) is 0 Å². The van der Waals surface area contributed by atoms with Crippen LogP contribution in [0.2, 0.25) is 0 Å². The molecule has 2 aromatic rings. The molecule has 0 unspecified atom stereocenters. The van der Waals surface area contributed by atoms with Crippen LogP contribution in [0.3, 0.4) is 0 Å². The summed E-state index contributed by atoms with van der Waals surface area (Å²) in [5, 5.41) is 18.7. The lowest BCUT2D eigenvalue weighted by Crippen LogP contribution is -2.45. The van der Waals surface area contributed by atoms with Crippen LogP contribution in [0.1, 0.15) is 19.5 Å². The van der Waals surface area contributed by atoms with Gasteiger partial charge in [-0.25, -0.2) is 0 Å². The van der Waals surface area contributed by atoms with Gasteiger partial charge in [-0.2, -0.15) is 10.2 Å². The van der Waals surface area contributed by atoms with E-state index in [1.807, 2.05) is 6.07 Å². The molecule has 2 rings (SSSR count). The largest absolute Gasteiger partial charge is 0.338 e. The van der Waals surface area contributed by atoms with Crippen molar-refractivity contribution in [2.24, 2.45) is 7.05 Å². The highest BCUT2D eigenvalue weighted by atomic mass is 16.6. The summed E-state index contributed by atoms with van der Waals surface area (Å²) in [7, 11) is 3.48. The lowest BCUT2D eigenvalue weighted by atomic mass is 10.0. The van der Waals surface area contributed by atoms with Gasteiger partial charge in [0.1, 0.15) is 17.9 Å². The fourth-order valence-electron chi connectivity index (χ4n) is 2.15. The molecule has 22 heavy (non-hydrogen) atoms.